The van der Waals surface area contributed by atoms with Crippen LogP contribution in [0.15, 0.2) is 18.2 Å². The average Bonchev–Trinajstić information content (AvgIpc) is 3.03. The number of esters is 2. The first-order valence-corrected chi connectivity index (χ1v) is 10.6. The van der Waals surface area contributed by atoms with E-state index < -0.39 is 40.3 Å². The zero-order valence-corrected chi connectivity index (χ0v) is 20.3. The van der Waals surface area contributed by atoms with Crippen LogP contribution in [0, 0.1) is 0 Å². The van der Waals surface area contributed by atoms with Crippen molar-refractivity contribution in [3.8, 4) is 0 Å². The molecule has 6 nitrogen and oxygen atoms in total. The molecule has 33 heavy (non-hydrogen) atoms. The number of imidazole rings is 1. The largest absolute Gasteiger partial charge is 0.464 e. The highest BCUT2D eigenvalue weighted by Crippen LogP contribution is 2.37. The molecule has 0 aliphatic rings. The average molecular weight is 469 g/mol. The van der Waals surface area contributed by atoms with Crippen molar-refractivity contribution in [2.45, 2.75) is 78.6 Å². The summed E-state index contributed by atoms with van der Waals surface area (Å²) in [5.74, 6) is -1.27. The maximum Gasteiger partial charge on any atom is 0.417 e. The Morgan fingerprint density at radius 3 is 2.09 bits per heavy atom. The van der Waals surface area contributed by atoms with Crippen LogP contribution >= 0.6 is 0 Å². The number of rotatable bonds is 5. The Morgan fingerprint density at radius 1 is 1.03 bits per heavy atom. The summed E-state index contributed by atoms with van der Waals surface area (Å²) in [7, 11) is 1.23. The number of hydrogen-bond acceptors (Lipinski definition) is 5. The third-order valence-electron chi connectivity index (χ3n) is 4.84. The van der Waals surface area contributed by atoms with Gasteiger partial charge in [-0.05, 0) is 38.8 Å². The lowest BCUT2D eigenvalue weighted by Gasteiger charge is -2.24. The number of carbonyl (C=O) groups is 2. The molecule has 0 aliphatic carbocycles. The molecule has 1 heterocycles. The first-order valence-electron chi connectivity index (χ1n) is 10.6. The molecule has 2 aromatic rings. The van der Waals surface area contributed by atoms with Gasteiger partial charge >= 0.3 is 18.1 Å². The van der Waals surface area contributed by atoms with Crippen molar-refractivity contribution in [2.75, 3.05) is 7.11 Å². The second-order valence-corrected chi connectivity index (χ2v) is 9.75. The van der Waals surface area contributed by atoms with Gasteiger partial charge in [-0.15, -0.1) is 0 Å². The molecule has 0 aliphatic heterocycles. The predicted octanol–water partition coefficient (Wildman–Crippen LogP) is 5.55. The van der Waals surface area contributed by atoms with E-state index in [-0.39, 0.29) is 17.8 Å². The first-order chi connectivity index (χ1) is 15.0. The predicted molar refractivity (Wildman–Crippen MR) is 117 cm³/mol. The number of methoxy groups -OCH3 is 1. The van der Waals surface area contributed by atoms with Crippen LogP contribution in [0.2, 0.25) is 0 Å². The summed E-state index contributed by atoms with van der Waals surface area (Å²) in [6, 6.07) is 3.82. The summed E-state index contributed by atoms with van der Waals surface area (Å²) in [6.45, 7) is 11.9. The Morgan fingerprint density at radius 2 is 1.64 bits per heavy atom. The lowest BCUT2D eigenvalue weighted by Crippen LogP contribution is -2.27. The molecule has 182 valence electrons. The van der Waals surface area contributed by atoms with Crippen molar-refractivity contribution in [3.05, 3.63) is 52.1 Å². The lowest BCUT2D eigenvalue weighted by atomic mass is 9.95. The number of aromatic nitrogens is 2. The van der Waals surface area contributed by atoms with Crippen LogP contribution in [-0.2, 0) is 34.0 Å². The van der Waals surface area contributed by atoms with Gasteiger partial charge in [0.15, 0.2) is 5.69 Å². The standard InChI is InChI=1S/C24H31F3N2O4/c1-9-16-18(20(31)32-8)28-21(22(2,3)4)29(16)13-14-11-10-12-15(17(14)24(25,26)27)19(30)33-23(5,6)7/h10-12H,9,13H2,1-8H3. The zero-order valence-electron chi connectivity index (χ0n) is 20.3. The zero-order chi connectivity index (χ0) is 25.4. The van der Waals surface area contributed by atoms with E-state index in [1.54, 1.807) is 32.3 Å². The van der Waals surface area contributed by atoms with Crippen LogP contribution in [0.1, 0.15) is 92.0 Å². The molecule has 0 radical (unpaired) electrons. The Bertz CT molecular complexity index is 1040. The molecule has 0 unspecified atom stereocenters. The minimum Gasteiger partial charge on any atom is -0.464 e. The Balaban J connectivity index is 2.76. The molecule has 1 aromatic carbocycles. The summed E-state index contributed by atoms with van der Waals surface area (Å²) in [5, 5.41) is 0. The van der Waals surface area contributed by atoms with Gasteiger partial charge in [0.1, 0.15) is 11.4 Å². The van der Waals surface area contributed by atoms with Gasteiger partial charge in [0.05, 0.1) is 23.9 Å². The van der Waals surface area contributed by atoms with E-state index in [2.05, 4.69) is 4.98 Å². The van der Waals surface area contributed by atoms with Crippen molar-refractivity contribution in [3.63, 3.8) is 0 Å². The third kappa shape index (κ3) is 5.94. The van der Waals surface area contributed by atoms with Gasteiger partial charge in [-0.25, -0.2) is 14.6 Å². The summed E-state index contributed by atoms with van der Waals surface area (Å²) in [5.41, 5.74) is -2.74. The first kappa shape index (κ1) is 26.4. The van der Waals surface area contributed by atoms with Crippen LogP contribution < -0.4 is 0 Å². The van der Waals surface area contributed by atoms with Gasteiger partial charge in [0.25, 0.3) is 0 Å². The van der Waals surface area contributed by atoms with Gasteiger partial charge < -0.3 is 14.0 Å². The van der Waals surface area contributed by atoms with Gasteiger partial charge in [-0.2, -0.15) is 13.2 Å². The molecule has 0 N–H and O–H groups in total. The van der Waals surface area contributed by atoms with E-state index in [1.165, 1.54) is 19.2 Å². The van der Waals surface area contributed by atoms with E-state index in [4.69, 9.17) is 9.47 Å². The Hall–Kier alpha value is -2.84. The maximum absolute atomic E-state index is 14.2. The minimum atomic E-state index is -4.80. The molecule has 0 atom stereocenters. The van der Waals surface area contributed by atoms with E-state index >= 15 is 0 Å². The van der Waals surface area contributed by atoms with E-state index in [1.807, 2.05) is 20.8 Å². The van der Waals surface area contributed by atoms with Crippen molar-refractivity contribution < 1.29 is 32.2 Å². The number of hydrogen-bond donors (Lipinski definition) is 0. The number of carbonyl (C=O) groups excluding carboxylic acids is 2. The van der Waals surface area contributed by atoms with E-state index in [0.717, 1.165) is 6.07 Å². The molecule has 0 spiro atoms. The highest BCUT2D eigenvalue weighted by molar-refractivity contribution is 5.92. The molecule has 0 bridgehead atoms. The molecule has 9 heteroatoms. The minimum absolute atomic E-state index is 0.0711. The van der Waals surface area contributed by atoms with E-state index in [9.17, 15) is 22.8 Å². The molecule has 1 aromatic heterocycles. The van der Waals surface area contributed by atoms with Crippen LogP contribution in [0.25, 0.3) is 0 Å². The second-order valence-electron chi connectivity index (χ2n) is 9.75. The fraction of sp³-hybridized carbons (Fsp3) is 0.542. The van der Waals surface area contributed by atoms with E-state index in [0.29, 0.717) is 17.9 Å². The van der Waals surface area contributed by atoms with Gasteiger partial charge in [-0.1, -0.05) is 39.8 Å². The van der Waals surface area contributed by atoms with Crippen LogP contribution in [-0.4, -0.2) is 34.2 Å². The number of ether oxygens (including phenoxy) is 2. The topological polar surface area (TPSA) is 70.4 Å². The Labute approximate surface area is 192 Å². The van der Waals surface area contributed by atoms with Gasteiger partial charge in [0.2, 0.25) is 0 Å². The number of alkyl halides is 3. The Kier molecular flexibility index (Phi) is 7.36. The third-order valence-corrected chi connectivity index (χ3v) is 4.84. The smallest absolute Gasteiger partial charge is 0.417 e. The quantitative estimate of drug-likeness (QED) is 0.538. The molecular weight excluding hydrogens is 437 g/mol. The SMILES string of the molecule is CCc1c(C(=O)OC)nc(C(C)(C)C)n1Cc1cccc(C(=O)OC(C)(C)C)c1C(F)(F)F. The lowest BCUT2D eigenvalue weighted by molar-refractivity contribution is -0.139. The highest BCUT2D eigenvalue weighted by Gasteiger charge is 2.39. The fourth-order valence-electron chi connectivity index (χ4n) is 3.59. The van der Waals surface area contributed by atoms with Gasteiger partial charge in [-0.3, -0.25) is 0 Å². The molecule has 0 saturated heterocycles. The summed E-state index contributed by atoms with van der Waals surface area (Å²) >= 11 is 0. The van der Waals surface area contributed by atoms with Crippen LogP contribution in [0.3, 0.4) is 0 Å². The fourth-order valence-corrected chi connectivity index (χ4v) is 3.59. The summed E-state index contributed by atoms with van der Waals surface area (Å²) in [4.78, 5) is 29.3. The molecule has 2 rings (SSSR count). The normalized spacial score (nSPS) is 12.6. The van der Waals surface area contributed by atoms with Crippen molar-refractivity contribution >= 4 is 11.9 Å². The highest BCUT2D eigenvalue weighted by atomic mass is 19.4. The van der Waals surface area contributed by atoms with Crippen molar-refractivity contribution in [1.29, 1.82) is 0 Å². The molecule has 0 saturated carbocycles. The van der Waals surface area contributed by atoms with Crippen LogP contribution in [0.5, 0.6) is 0 Å². The summed E-state index contributed by atoms with van der Waals surface area (Å²) < 4.78 is 54.3. The van der Waals surface area contributed by atoms with Gasteiger partial charge in [0, 0.05) is 12.0 Å². The number of nitrogens with zero attached hydrogens (tertiary/aromatic N) is 2. The van der Waals surface area contributed by atoms with Crippen LogP contribution in [0.4, 0.5) is 13.2 Å². The summed E-state index contributed by atoms with van der Waals surface area (Å²) in [6.07, 6.45) is -4.45. The number of benzene rings is 1. The van der Waals surface area contributed by atoms with Crippen molar-refractivity contribution in [1.82, 2.24) is 9.55 Å². The molecule has 0 fully saturated rings. The molecular formula is C24H31F3N2O4. The maximum atomic E-state index is 14.2. The second kappa shape index (κ2) is 9.19. The number of halogens is 3. The van der Waals surface area contributed by atoms with Crippen molar-refractivity contribution in [2.24, 2.45) is 0 Å². The molecule has 0 amide bonds. The monoisotopic (exact) mass is 468 g/mol.